The van der Waals surface area contributed by atoms with Crippen LogP contribution in [0.5, 0.6) is 11.5 Å². The molecule has 10 unspecified atom stereocenters. The lowest BCUT2D eigenvalue weighted by atomic mass is 9.32. The highest BCUT2D eigenvalue weighted by Gasteiger charge is 2.72. The monoisotopic (exact) mass is 620 g/mol. The van der Waals surface area contributed by atoms with E-state index in [9.17, 15) is 14.7 Å². The van der Waals surface area contributed by atoms with Crippen molar-refractivity contribution in [2.24, 2.45) is 56.7 Å². The van der Waals surface area contributed by atoms with Gasteiger partial charge in [0.15, 0.2) is 11.5 Å². The molecule has 0 spiro atoms. The van der Waals surface area contributed by atoms with Gasteiger partial charge in [0.1, 0.15) is 0 Å². The van der Waals surface area contributed by atoms with Gasteiger partial charge in [-0.1, -0.05) is 46.8 Å². The number of hydrogen-bond donors (Lipinski definition) is 1. The minimum atomic E-state index is -0.568. The summed E-state index contributed by atoms with van der Waals surface area (Å²) in [4.78, 5) is 26.7. The highest BCUT2D eigenvalue weighted by atomic mass is 16.6. The fourth-order valence-electron chi connectivity index (χ4n) is 12.7. The van der Waals surface area contributed by atoms with Crippen molar-refractivity contribution in [3.8, 4) is 11.5 Å². The van der Waals surface area contributed by atoms with E-state index in [1.807, 2.05) is 0 Å². The third-order valence-electron chi connectivity index (χ3n) is 15.2. The molecule has 0 aromatic heterocycles. The van der Waals surface area contributed by atoms with Crippen molar-refractivity contribution in [2.45, 2.75) is 112 Å². The van der Waals surface area contributed by atoms with E-state index < -0.39 is 11.4 Å². The Kier molecular flexibility index (Phi) is 7.86. The molecule has 5 fully saturated rings. The number of carbonyl (C=O) groups excluding carboxylic acids is 2. The van der Waals surface area contributed by atoms with Gasteiger partial charge in [-0.2, -0.15) is 0 Å². The molecule has 5 saturated carbocycles. The summed E-state index contributed by atoms with van der Waals surface area (Å²) >= 11 is 0. The van der Waals surface area contributed by atoms with Crippen molar-refractivity contribution in [2.75, 3.05) is 14.2 Å². The molecule has 10 atom stereocenters. The van der Waals surface area contributed by atoms with Crippen LogP contribution in [-0.2, 0) is 9.53 Å². The molecule has 6 rings (SSSR count). The van der Waals surface area contributed by atoms with Crippen molar-refractivity contribution in [3.05, 3.63) is 35.9 Å². The molecule has 0 saturated heterocycles. The van der Waals surface area contributed by atoms with E-state index in [2.05, 4.69) is 48.1 Å². The summed E-state index contributed by atoms with van der Waals surface area (Å²) in [7, 11) is 2.87. The molecule has 1 aromatic carbocycles. The van der Waals surface area contributed by atoms with Gasteiger partial charge in [-0.05, 0) is 141 Å². The zero-order chi connectivity index (χ0) is 32.7. The van der Waals surface area contributed by atoms with Crippen LogP contribution in [0.1, 0.15) is 116 Å². The summed E-state index contributed by atoms with van der Waals surface area (Å²) in [6.45, 7) is 19.0. The number of aliphatic hydroxyl groups excluding tert-OH is 1. The van der Waals surface area contributed by atoms with Crippen LogP contribution in [-0.4, -0.2) is 37.4 Å². The first kappa shape index (κ1) is 32.6. The second-order valence-corrected chi connectivity index (χ2v) is 17.0. The standard InChI is InChI=1S/C39H56O6/c1-23(2)25-14-19-39(34(42)45-27-12-10-24(33(41)44-9)22-28(27)43-8)21-20-37(6)26(32(25)39)11-13-30-36(5)17-16-31(40)35(3,4)29(36)15-18-38(30,37)7/h10,12,22,25-26,29-32,40H,1,11,13-21H2,2-9H3. The van der Waals surface area contributed by atoms with Crippen LogP contribution < -0.4 is 9.47 Å². The molecule has 5 aliphatic rings. The number of ether oxygens (including phenoxy) is 3. The topological polar surface area (TPSA) is 82.1 Å². The van der Waals surface area contributed by atoms with Gasteiger partial charge in [-0.15, -0.1) is 0 Å². The first-order valence-electron chi connectivity index (χ1n) is 17.4. The maximum Gasteiger partial charge on any atom is 0.337 e. The van der Waals surface area contributed by atoms with Crippen LogP contribution in [0.4, 0.5) is 0 Å². The van der Waals surface area contributed by atoms with E-state index in [1.165, 1.54) is 39.1 Å². The molecule has 248 valence electrons. The largest absolute Gasteiger partial charge is 0.493 e. The maximum atomic E-state index is 14.5. The third kappa shape index (κ3) is 4.43. The van der Waals surface area contributed by atoms with Gasteiger partial charge < -0.3 is 19.3 Å². The summed E-state index contributed by atoms with van der Waals surface area (Å²) in [6, 6.07) is 4.86. The summed E-state index contributed by atoms with van der Waals surface area (Å²) in [6.07, 6.45) is 10.1. The lowest BCUT2D eigenvalue weighted by Crippen LogP contribution is -2.67. The van der Waals surface area contributed by atoms with Crippen molar-refractivity contribution < 1.29 is 28.9 Å². The molecule has 6 heteroatoms. The summed E-state index contributed by atoms with van der Waals surface area (Å²) < 4.78 is 16.7. The fourth-order valence-corrected chi connectivity index (χ4v) is 12.7. The average molecular weight is 621 g/mol. The number of benzene rings is 1. The van der Waals surface area contributed by atoms with E-state index in [0.717, 1.165) is 44.9 Å². The Morgan fingerprint density at radius 3 is 2.24 bits per heavy atom. The number of carbonyl (C=O) groups is 2. The highest BCUT2D eigenvalue weighted by Crippen LogP contribution is 2.77. The van der Waals surface area contributed by atoms with Gasteiger partial charge in [0, 0.05) is 0 Å². The van der Waals surface area contributed by atoms with Gasteiger partial charge in [0.05, 0.1) is 31.3 Å². The summed E-state index contributed by atoms with van der Waals surface area (Å²) in [5, 5.41) is 11.1. The minimum Gasteiger partial charge on any atom is -0.493 e. The Morgan fingerprint density at radius 2 is 1.58 bits per heavy atom. The Hall–Kier alpha value is -2.34. The van der Waals surface area contributed by atoms with E-state index in [4.69, 9.17) is 14.2 Å². The predicted molar refractivity (Wildman–Crippen MR) is 175 cm³/mol. The Bertz CT molecular complexity index is 1380. The molecule has 0 aliphatic heterocycles. The minimum absolute atomic E-state index is 0.0653. The molecular formula is C39H56O6. The zero-order valence-electron chi connectivity index (χ0n) is 29.0. The second kappa shape index (κ2) is 10.9. The molecule has 0 radical (unpaired) electrons. The Balaban J connectivity index is 1.35. The number of allylic oxidation sites excluding steroid dienone is 1. The highest BCUT2D eigenvalue weighted by molar-refractivity contribution is 5.90. The van der Waals surface area contributed by atoms with Gasteiger partial charge in [-0.25, -0.2) is 4.79 Å². The normalized spacial score (nSPS) is 43.1. The van der Waals surface area contributed by atoms with E-state index in [-0.39, 0.29) is 39.7 Å². The molecule has 45 heavy (non-hydrogen) atoms. The Labute approximate surface area is 270 Å². The van der Waals surface area contributed by atoms with Gasteiger partial charge in [0.2, 0.25) is 0 Å². The smallest absolute Gasteiger partial charge is 0.337 e. The molecule has 1 aromatic rings. The van der Waals surface area contributed by atoms with Crippen LogP contribution in [0.2, 0.25) is 0 Å². The molecule has 5 aliphatic carbocycles. The average Bonchev–Trinajstić information content (AvgIpc) is 3.41. The summed E-state index contributed by atoms with van der Waals surface area (Å²) in [5.74, 6) is 2.11. The van der Waals surface area contributed by atoms with Crippen molar-refractivity contribution in [1.29, 1.82) is 0 Å². The molecular weight excluding hydrogens is 564 g/mol. The number of rotatable bonds is 5. The lowest BCUT2D eigenvalue weighted by Gasteiger charge is -2.72. The van der Waals surface area contributed by atoms with E-state index >= 15 is 0 Å². The van der Waals surface area contributed by atoms with E-state index in [1.54, 1.807) is 18.2 Å². The van der Waals surface area contributed by atoms with E-state index in [0.29, 0.717) is 40.7 Å². The van der Waals surface area contributed by atoms with Crippen molar-refractivity contribution in [1.82, 2.24) is 0 Å². The molecule has 0 amide bonds. The zero-order valence-corrected chi connectivity index (χ0v) is 29.0. The fraction of sp³-hybridized carbons (Fsp3) is 0.744. The van der Waals surface area contributed by atoms with Gasteiger partial charge in [0.25, 0.3) is 0 Å². The van der Waals surface area contributed by atoms with Gasteiger partial charge in [-0.3, -0.25) is 4.79 Å². The third-order valence-corrected chi connectivity index (χ3v) is 15.2. The Morgan fingerprint density at radius 1 is 0.844 bits per heavy atom. The first-order chi connectivity index (χ1) is 21.1. The van der Waals surface area contributed by atoms with Gasteiger partial charge >= 0.3 is 11.9 Å². The molecule has 0 bridgehead atoms. The molecule has 1 N–H and O–H groups in total. The summed E-state index contributed by atoms with van der Waals surface area (Å²) in [5.41, 5.74) is 1.40. The van der Waals surface area contributed by atoms with Crippen LogP contribution in [0.15, 0.2) is 30.4 Å². The number of methoxy groups -OCH3 is 2. The SMILES string of the molecule is C=C(C)C1CCC2(C(=O)Oc3ccc(C(=O)OC)cc3OC)CCC3(C)C(CCC4C5(C)CCC(O)C(C)(C)C5CCC43C)C12. The second-order valence-electron chi connectivity index (χ2n) is 17.0. The number of fused-ring (bicyclic) bond motifs is 7. The maximum absolute atomic E-state index is 14.5. The number of aliphatic hydroxyl groups is 1. The van der Waals surface area contributed by atoms with Crippen LogP contribution in [0.3, 0.4) is 0 Å². The van der Waals surface area contributed by atoms with Crippen LogP contribution in [0.25, 0.3) is 0 Å². The molecule has 6 nitrogen and oxygen atoms in total. The number of hydrogen-bond acceptors (Lipinski definition) is 6. The predicted octanol–water partition coefficient (Wildman–Crippen LogP) is 8.41. The molecule has 0 heterocycles. The van der Waals surface area contributed by atoms with Crippen LogP contribution in [0, 0.1) is 56.7 Å². The van der Waals surface area contributed by atoms with Crippen molar-refractivity contribution in [3.63, 3.8) is 0 Å². The van der Waals surface area contributed by atoms with Crippen molar-refractivity contribution >= 4 is 11.9 Å². The lowest BCUT2D eigenvalue weighted by molar-refractivity contribution is -0.247. The van der Waals surface area contributed by atoms with Crippen LogP contribution >= 0.6 is 0 Å². The quantitative estimate of drug-likeness (QED) is 0.202. The first-order valence-corrected chi connectivity index (χ1v) is 17.4. The number of esters is 2.